The lowest BCUT2D eigenvalue weighted by molar-refractivity contribution is 0.0527. The number of aromatic nitrogens is 1. The quantitative estimate of drug-likeness (QED) is 0.655. The normalized spacial score (nSPS) is 12.0. The van der Waals surface area contributed by atoms with E-state index in [9.17, 15) is 9.18 Å². The maximum absolute atomic E-state index is 14.0. The van der Waals surface area contributed by atoms with Crippen LogP contribution in [-0.4, -0.2) is 17.6 Å². The summed E-state index contributed by atoms with van der Waals surface area (Å²) in [5, 5.41) is 5.65. The first-order chi connectivity index (χ1) is 10.0. The van der Waals surface area contributed by atoms with E-state index in [1.807, 2.05) is 12.3 Å². The summed E-state index contributed by atoms with van der Waals surface area (Å²) in [7, 11) is 0. The number of nitrogens with two attached hydrogens (primary N) is 1. The number of nitrogens with zero attached hydrogens (tertiary/aromatic N) is 1. The van der Waals surface area contributed by atoms with E-state index in [4.69, 9.17) is 10.5 Å². The lowest BCUT2D eigenvalue weighted by atomic mass is 10.1. The summed E-state index contributed by atoms with van der Waals surface area (Å²) < 4.78 is 18.9. The van der Waals surface area contributed by atoms with Crippen molar-refractivity contribution in [1.29, 1.82) is 0 Å². The Balaban J connectivity index is 2.27. The van der Waals surface area contributed by atoms with Crippen molar-refractivity contribution >= 4 is 28.7 Å². The zero-order valence-electron chi connectivity index (χ0n) is 11.7. The zero-order chi connectivity index (χ0) is 15.4. The second-order valence-electron chi connectivity index (χ2n) is 4.38. The standard InChI is InChI=1S/C14H16FN3O2S/c1-3-20-14(19)9-6-12(10(15)7-11(9)16)18-8(2)13-17-4-5-21-13/h4-8,18H,3,16H2,1-2H3. The molecule has 0 spiro atoms. The highest BCUT2D eigenvalue weighted by molar-refractivity contribution is 7.09. The summed E-state index contributed by atoms with van der Waals surface area (Å²) in [6, 6.07) is 2.30. The van der Waals surface area contributed by atoms with Gasteiger partial charge in [-0.15, -0.1) is 11.3 Å². The number of ether oxygens (including phenoxy) is 1. The molecular formula is C14H16FN3O2S. The molecular weight excluding hydrogens is 293 g/mol. The molecule has 0 aliphatic carbocycles. The van der Waals surface area contributed by atoms with Crippen LogP contribution >= 0.6 is 11.3 Å². The molecule has 3 N–H and O–H groups in total. The Bertz CT molecular complexity index is 631. The van der Waals surface area contributed by atoms with Crippen LogP contribution in [0.2, 0.25) is 0 Å². The van der Waals surface area contributed by atoms with Crippen LogP contribution in [0.4, 0.5) is 15.8 Å². The second-order valence-corrected chi connectivity index (χ2v) is 5.30. The van der Waals surface area contributed by atoms with Crippen LogP contribution in [0.5, 0.6) is 0 Å². The number of hydrogen-bond acceptors (Lipinski definition) is 6. The van der Waals surface area contributed by atoms with Crippen molar-refractivity contribution in [2.75, 3.05) is 17.7 Å². The van der Waals surface area contributed by atoms with E-state index < -0.39 is 11.8 Å². The smallest absolute Gasteiger partial charge is 0.340 e. The van der Waals surface area contributed by atoms with Crippen molar-refractivity contribution in [2.24, 2.45) is 0 Å². The Morgan fingerprint density at radius 2 is 2.33 bits per heavy atom. The molecule has 0 bridgehead atoms. The minimum absolute atomic E-state index is 0.0541. The summed E-state index contributed by atoms with van der Waals surface area (Å²) in [5.41, 5.74) is 6.06. The van der Waals surface area contributed by atoms with Gasteiger partial charge < -0.3 is 15.8 Å². The van der Waals surface area contributed by atoms with E-state index >= 15 is 0 Å². The van der Waals surface area contributed by atoms with E-state index in [0.717, 1.165) is 11.1 Å². The van der Waals surface area contributed by atoms with Crippen LogP contribution in [0, 0.1) is 5.82 Å². The molecule has 1 aromatic carbocycles. The number of thiazole rings is 1. The molecule has 1 heterocycles. The Kier molecular flexibility index (Phi) is 4.74. The van der Waals surface area contributed by atoms with Crippen molar-refractivity contribution in [3.63, 3.8) is 0 Å². The third-order valence-electron chi connectivity index (χ3n) is 2.83. The Morgan fingerprint density at radius 3 is 2.95 bits per heavy atom. The molecule has 0 aliphatic rings. The minimum atomic E-state index is -0.569. The van der Waals surface area contributed by atoms with Gasteiger partial charge in [0.2, 0.25) is 0 Å². The molecule has 0 fully saturated rings. The molecule has 0 amide bonds. The molecule has 21 heavy (non-hydrogen) atoms. The fourth-order valence-electron chi connectivity index (χ4n) is 1.83. The lowest BCUT2D eigenvalue weighted by Gasteiger charge is -2.15. The SMILES string of the molecule is CCOC(=O)c1cc(NC(C)c2nccs2)c(F)cc1N. The van der Waals surface area contributed by atoms with Crippen LogP contribution in [0.1, 0.15) is 35.3 Å². The number of anilines is 2. The van der Waals surface area contributed by atoms with Gasteiger partial charge in [0, 0.05) is 17.3 Å². The second kappa shape index (κ2) is 6.53. The fourth-order valence-corrected chi connectivity index (χ4v) is 2.47. The van der Waals surface area contributed by atoms with E-state index in [1.54, 1.807) is 13.1 Å². The number of nitrogens with one attached hydrogen (secondary N) is 1. The van der Waals surface area contributed by atoms with Crippen LogP contribution in [0.3, 0.4) is 0 Å². The molecule has 0 radical (unpaired) electrons. The van der Waals surface area contributed by atoms with Gasteiger partial charge in [0.15, 0.2) is 0 Å². The molecule has 5 nitrogen and oxygen atoms in total. The van der Waals surface area contributed by atoms with Gasteiger partial charge in [-0.1, -0.05) is 0 Å². The van der Waals surface area contributed by atoms with Crippen molar-refractivity contribution in [1.82, 2.24) is 4.98 Å². The molecule has 0 aliphatic heterocycles. The summed E-state index contributed by atoms with van der Waals surface area (Å²) >= 11 is 1.47. The third kappa shape index (κ3) is 3.49. The molecule has 2 aromatic rings. The monoisotopic (exact) mass is 309 g/mol. The molecule has 1 atom stereocenters. The predicted octanol–water partition coefficient (Wildman–Crippen LogP) is 3.21. The number of hydrogen-bond donors (Lipinski definition) is 2. The van der Waals surface area contributed by atoms with Crippen molar-refractivity contribution in [2.45, 2.75) is 19.9 Å². The first-order valence-electron chi connectivity index (χ1n) is 6.45. The molecule has 0 saturated carbocycles. The highest BCUT2D eigenvalue weighted by Crippen LogP contribution is 2.27. The number of esters is 1. The van der Waals surface area contributed by atoms with Crippen molar-refractivity contribution < 1.29 is 13.9 Å². The predicted molar refractivity (Wildman–Crippen MR) is 80.9 cm³/mol. The summed E-state index contributed by atoms with van der Waals surface area (Å²) in [4.78, 5) is 15.9. The maximum atomic E-state index is 14.0. The van der Waals surface area contributed by atoms with Crippen molar-refractivity contribution in [3.8, 4) is 0 Å². The van der Waals surface area contributed by atoms with Gasteiger partial charge in [0.25, 0.3) is 0 Å². The van der Waals surface area contributed by atoms with E-state index in [-0.39, 0.29) is 29.6 Å². The Morgan fingerprint density at radius 1 is 1.57 bits per heavy atom. The van der Waals surface area contributed by atoms with Gasteiger partial charge in [-0.25, -0.2) is 14.2 Å². The van der Waals surface area contributed by atoms with Crippen LogP contribution in [-0.2, 0) is 4.74 Å². The van der Waals surface area contributed by atoms with Gasteiger partial charge in [-0.2, -0.15) is 0 Å². The minimum Gasteiger partial charge on any atom is -0.462 e. The molecule has 1 aromatic heterocycles. The number of rotatable bonds is 5. The molecule has 112 valence electrons. The van der Waals surface area contributed by atoms with Crippen molar-refractivity contribution in [3.05, 3.63) is 40.1 Å². The van der Waals surface area contributed by atoms with E-state index in [2.05, 4.69) is 10.3 Å². The Hall–Kier alpha value is -2.15. The third-order valence-corrected chi connectivity index (χ3v) is 3.79. The number of carbonyl (C=O) groups is 1. The number of nitrogen functional groups attached to an aromatic ring is 1. The molecule has 0 saturated heterocycles. The summed E-state index contributed by atoms with van der Waals surface area (Å²) in [5.74, 6) is -1.09. The highest BCUT2D eigenvalue weighted by atomic mass is 32.1. The van der Waals surface area contributed by atoms with E-state index in [1.165, 1.54) is 17.4 Å². The fraction of sp³-hybridized carbons (Fsp3) is 0.286. The van der Waals surface area contributed by atoms with Gasteiger partial charge >= 0.3 is 5.97 Å². The van der Waals surface area contributed by atoms with Gasteiger partial charge in [0.05, 0.1) is 23.9 Å². The number of halogens is 1. The van der Waals surface area contributed by atoms with Gasteiger partial charge in [-0.3, -0.25) is 0 Å². The largest absolute Gasteiger partial charge is 0.462 e. The van der Waals surface area contributed by atoms with Gasteiger partial charge in [0.1, 0.15) is 10.8 Å². The number of benzene rings is 1. The number of carbonyl (C=O) groups excluding carboxylic acids is 1. The maximum Gasteiger partial charge on any atom is 0.340 e. The first kappa shape index (κ1) is 15.2. The van der Waals surface area contributed by atoms with Crippen LogP contribution < -0.4 is 11.1 Å². The average Bonchev–Trinajstić information content (AvgIpc) is 2.96. The molecule has 1 unspecified atom stereocenters. The van der Waals surface area contributed by atoms with E-state index in [0.29, 0.717) is 0 Å². The van der Waals surface area contributed by atoms with Gasteiger partial charge in [-0.05, 0) is 26.0 Å². The zero-order valence-corrected chi connectivity index (χ0v) is 12.5. The lowest BCUT2D eigenvalue weighted by Crippen LogP contribution is -2.12. The summed E-state index contributed by atoms with van der Waals surface area (Å²) in [6.45, 7) is 3.79. The van der Waals surface area contributed by atoms with Crippen LogP contribution in [0.15, 0.2) is 23.7 Å². The topological polar surface area (TPSA) is 77.2 Å². The molecule has 2 rings (SSSR count). The Labute approximate surface area is 126 Å². The molecule has 7 heteroatoms. The van der Waals surface area contributed by atoms with Crippen LogP contribution in [0.25, 0.3) is 0 Å². The average molecular weight is 309 g/mol. The summed E-state index contributed by atoms with van der Waals surface area (Å²) in [6.07, 6.45) is 1.68. The first-order valence-corrected chi connectivity index (χ1v) is 7.33. The highest BCUT2D eigenvalue weighted by Gasteiger charge is 2.17.